The van der Waals surface area contributed by atoms with Crippen LogP contribution < -0.4 is 20.9 Å². The van der Waals surface area contributed by atoms with Gasteiger partial charge in [0.1, 0.15) is 22.4 Å². The van der Waals surface area contributed by atoms with E-state index in [-0.39, 0.29) is 23.2 Å². The molecule has 0 saturated carbocycles. The van der Waals surface area contributed by atoms with Crippen LogP contribution >= 0.6 is 0 Å². The van der Waals surface area contributed by atoms with Crippen molar-refractivity contribution in [1.82, 2.24) is 20.2 Å². The molecule has 0 saturated heterocycles. The molecule has 37 heavy (non-hydrogen) atoms. The first-order chi connectivity index (χ1) is 17.5. The zero-order chi connectivity index (χ0) is 26.9. The second-order valence-corrected chi connectivity index (χ2v) is 7.74. The largest absolute Gasteiger partial charge is 0.522 e. The Labute approximate surface area is 205 Å². The third-order valence-corrected chi connectivity index (χ3v) is 5.31. The number of rotatable bonds is 7. The maximum Gasteiger partial charge on any atom is 0.522 e. The van der Waals surface area contributed by atoms with Crippen molar-refractivity contribution in [2.24, 2.45) is 0 Å². The normalized spacial score (nSPS) is 12.6. The Hall–Kier alpha value is -4.46. The highest BCUT2D eigenvalue weighted by molar-refractivity contribution is 6.04. The Morgan fingerprint density at radius 2 is 1.89 bits per heavy atom. The summed E-state index contributed by atoms with van der Waals surface area (Å²) in [5.74, 6) is -3.61. The third-order valence-electron chi connectivity index (χ3n) is 5.31. The van der Waals surface area contributed by atoms with E-state index in [1.54, 1.807) is 0 Å². The minimum absolute atomic E-state index is 0.0493. The van der Waals surface area contributed by atoms with Gasteiger partial charge in [-0.1, -0.05) is 12.1 Å². The fraction of sp³-hybridized carbons (Fsp3) is 0.217. The first-order valence-electron chi connectivity index (χ1n) is 10.6. The topological polar surface area (TPSA) is 132 Å². The predicted octanol–water partition coefficient (Wildman–Crippen LogP) is 2.03. The van der Waals surface area contributed by atoms with Gasteiger partial charge in [0.25, 0.3) is 17.4 Å². The molecule has 1 aromatic carbocycles. The Bertz CT molecular complexity index is 1480. The molecule has 2 amide bonds. The Balaban J connectivity index is 1.80. The molecule has 2 aromatic heterocycles. The molecule has 1 aliphatic heterocycles. The number of carbonyl (C=O) groups excluding carboxylic acids is 2. The van der Waals surface area contributed by atoms with E-state index in [1.807, 2.05) is 0 Å². The average molecular weight is 522 g/mol. The molecule has 1 aliphatic rings. The van der Waals surface area contributed by atoms with Crippen LogP contribution in [0.5, 0.6) is 11.5 Å². The van der Waals surface area contributed by atoms with E-state index in [9.17, 15) is 37.1 Å². The van der Waals surface area contributed by atoms with Gasteiger partial charge < -0.3 is 20.5 Å². The molecule has 194 valence electrons. The molecule has 0 radical (unpaired) electrons. The van der Waals surface area contributed by atoms with Crippen LogP contribution in [0.4, 0.5) is 17.6 Å². The van der Waals surface area contributed by atoms with Crippen molar-refractivity contribution in [2.45, 2.75) is 12.8 Å². The minimum Gasteiger partial charge on any atom is -0.505 e. The zero-order valence-electron chi connectivity index (χ0n) is 19.0. The minimum atomic E-state index is -4.88. The lowest BCUT2D eigenvalue weighted by Crippen LogP contribution is -2.35. The Morgan fingerprint density at radius 1 is 1.19 bits per heavy atom. The summed E-state index contributed by atoms with van der Waals surface area (Å²) in [6.07, 6.45) is -2.54. The second kappa shape index (κ2) is 9.89. The smallest absolute Gasteiger partial charge is 0.505 e. The number of amides is 2. The predicted molar refractivity (Wildman–Crippen MR) is 120 cm³/mol. The van der Waals surface area contributed by atoms with Gasteiger partial charge in [0.2, 0.25) is 5.76 Å². The lowest BCUT2D eigenvalue weighted by Gasteiger charge is -2.23. The number of benzene rings is 1. The van der Waals surface area contributed by atoms with Crippen LogP contribution in [0.1, 0.15) is 21.5 Å². The van der Waals surface area contributed by atoms with Crippen molar-refractivity contribution in [3.05, 3.63) is 69.1 Å². The summed E-state index contributed by atoms with van der Waals surface area (Å²) >= 11 is 0. The number of aromatic nitrogens is 2. The van der Waals surface area contributed by atoms with Crippen LogP contribution in [0.15, 0.2) is 41.0 Å². The van der Waals surface area contributed by atoms with E-state index in [1.165, 1.54) is 37.5 Å². The molecular weight excluding hydrogens is 504 g/mol. The quantitative estimate of drug-likeness (QED) is 0.320. The molecule has 4 rings (SSSR count). The maximum atomic E-state index is 13.3. The van der Waals surface area contributed by atoms with Crippen LogP contribution in [0.3, 0.4) is 0 Å². The van der Waals surface area contributed by atoms with Crippen LogP contribution in [0.2, 0.25) is 0 Å². The number of nitrogens with zero attached hydrogens (tertiary/aromatic N) is 2. The van der Waals surface area contributed by atoms with Crippen molar-refractivity contribution in [1.29, 1.82) is 0 Å². The summed E-state index contributed by atoms with van der Waals surface area (Å²) in [6.45, 7) is -1.41. The van der Waals surface area contributed by atoms with Gasteiger partial charge >= 0.3 is 6.36 Å². The zero-order valence-corrected chi connectivity index (χ0v) is 19.0. The fourth-order valence-electron chi connectivity index (χ4n) is 3.65. The number of aromatic hydroxyl groups is 1. The molecule has 0 aliphatic carbocycles. The first-order valence-corrected chi connectivity index (χ1v) is 10.6. The molecule has 0 unspecified atom stereocenters. The lowest BCUT2D eigenvalue weighted by molar-refractivity contribution is -0.323. The molecular formula is C23H18F4N4O6. The summed E-state index contributed by atoms with van der Waals surface area (Å²) in [7, 11) is 1.24. The van der Waals surface area contributed by atoms with Gasteiger partial charge in [-0.15, -0.1) is 13.2 Å². The van der Waals surface area contributed by atoms with E-state index in [4.69, 9.17) is 4.74 Å². The van der Waals surface area contributed by atoms with Crippen molar-refractivity contribution >= 4 is 29.0 Å². The van der Waals surface area contributed by atoms with Crippen LogP contribution in [0.25, 0.3) is 17.2 Å². The van der Waals surface area contributed by atoms with Gasteiger partial charge in [-0.25, -0.2) is 4.39 Å². The summed E-state index contributed by atoms with van der Waals surface area (Å²) in [4.78, 5) is 42.3. The number of pyridine rings is 2. The fourth-order valence-corrected chi connectivity index (χ4v) is 3.65. The maximum absolute atomic E-state index is 13.3. The number of hydrogen-bond donors (Lipinski definition) is 3. The van der Waals surface area contributed by atoms with Crippen molar-refractivity contribution in [2.75, 3.05) is 20.2 Å². The summed E-state index contributed by atoms with van der Waals surface area (Å²) in [5, 5.41) is 15.1. The van der Waals surface area contributed by atoms with Gasteiger partial charge in [0.05, 0.1) is 12.8 Å². The first kappa shape index (κ1) is 25.6. The van der Waals surface area contributed by atoms with E-state index >= 15 is 0 Å². The average Bonchev–Trinajstić information content (AvgIpc) is 2.86. The van der Waals surface area contributed by atoms with Crippen LogP contribution in [-0.4, -0.2) is 53.0 Å². The summed E-state index contributed by atoms with van der Waals surface area (Å²) in [6, 6.07) is 5.46. The molecule has 3 N–H and O–H groups in total. The highest BCUT2D eigenvalue weighted by Gasteiger charge is 2.31. The van der Waals surface area contributed by atoms with Gasteiger partial charge in [-0.05, 0) is 17.7 Å². The molecule has 0 atom stereocenters. The SMILES string of the molecule is CNC(=O)c1c(O)c2ncc(Cc3ccc(F)cc3)c3c2n(c1=O)C=C(C(=O)NCCOC(F)(F)F)O3. The molecule has 3 heterocycles. The molecule has 14 heteroatoms. The number of hydrogen-bond acceptors (Lipinski definition) is 7. The summed E-state index contributed by atoms with van der Waals surface area (Å²) in [5.41, 5.74) is -0.917. The van der Waals surface area contributed by atoms with Gasteiger partial charge in [-0.2, -0.15) is 0 Å². The van der Waals surface area contributed by atoms with Gasteiger partial charge in [-0.3, -0.25) is 28.7 Å². The highest BCUT2D eigenvalue weighted by Crippen LogP contribution is 2.38. The number of nitrogens with one attached hydrogen (secondary N) is 2. The van der Waals surface area contributed by atoms with Crippen molar-refractivity contribution in [3.8, 4) is 11.5 Å². The van der Waals surface area contributed by atoms with E-state index in [0.717, 1.165) is 10.8 Å². The van der Waals surface area contributed by atoms with Crippen molar-refractivity contribution in [3.63, 3.8) is 0 Å². The number of halogens is 4. The molecule has 10 nitrogen and oxygen atoms in total. The number of carbonyl (C=O) groups is 2. The van der Waals surface area contributed by atoms with Gasteiger partial charge in [0.15, 0.2) is 11.5 Å². The third kappa shape index (κ3) is 5.23. The van der Waals surface area contributed by atoms with Crippen molar-refractivity contribution < 1.29 is 41.7 Å². The number of ether oxygens (including phenoxy) is 2. The Kier molecular flexibility index (Phi) is 6.85. The Morgan fingerprint density at radius 3 is 2.54 bits per heavy atom. The van der Waals surface area contributed by atoms with E-state index in [2.05, 4.69) is 20.4 Å². The second-order valence-electron chi connectivity index (χ2n) is 7.74. The summed E-state index contributed by atoms with van der Waals surface area (Å²) < 4.78 is 60.1. The lowest BCUT2D eigenvalue weighted by atomic mass is 10.0. The standard InChI is InChI=1S/C23H18F4N4O6/c1-28-21(34)15-18(32)16-17-19(12(9-30-16)8-11-2-4-13(24)5-3-11)37-14(10-31(17)22(15)35)20(33)29-6-7-36-23(25,26)27/h2-5,9-10,32H,6-8H2,1H3,(H,28,34)(H,29,33). The van der Waals surface area contributed by atoms with E-state index < -0.39 is 59.8 Å². The highest BCUT2D eigenvalue weighted by atomic mass is 19.4. The monoisotopic (exact) mass is 522 g/mol. The van der Waals surface area contributed by atoms with Crippen LogP contribution in [0, 0.1) is 5.82 Å². The van der Waals surface area contributed by atoms with Crippen LogP contribution in [-0.2, 0) is 16.0 Å². The number of alkyl halides is 3. The van der Waals surface area contributed by atoms with Gasteiger partial charge in [0, 0.05) is 31.8 Å². The molecule has 0 spiro atoms. The molecule has 3 aromatic rings. The van der Waals surface area contributed by atoms with E-state index in [0.29, 0.717) is 11.1 Å². The molecule has 0 bridgehead atoms. The molecule has 0 fully saturated rings.